The molecule has 1 saturated carbocycles. The van der Waals surface area contributed by atoms with Gasteiger partial charge in [0.25, 0.3) is 0 Å². The molecule has 0 atom stereocenters. The molecule has 0 aromatic heterocycles. The summed E-state index contributed by atoms with van der Waals surface area (Å²) in [5.74, 6) is -0.122. The number of benzene rings is 1. The SMILES string of the molecule is NCc1ccccc1CC(=O)OC1CCCCC1. The lowest BCUT2D eigenvalue weighted by molar-refractivity contribution is -0.149. The third kappa shape index (κ3) is 3.57. The zero-order valence-corrected chi connectivity index (χ0v) is 10.7. The third-order valence-corrected chi connectivity index (χ3v) is 3.52. The van der Waals surface area contributed by atoms with Crippen LogP contribution in [0.15, 0.2) is 24.3 Å². The quantitative estimate of drug-likeness (QED) is 0.832. The second-order valence-corrected chi connectivity index (χ2v) is 4.90. The van der Waals surface area contributed by atoms with Crippen LogP contribution in [-0.2, 0) is 22.5 Å². The fourth-order valence-electron chi connectivity index (χ4n) is 2.50. The fraction of sp³-hybridized carbons (Fsp3) is 0.533. The Kier molecular flexibility index (Phi) is 4.76. The van der Waals surface area contributed by atoms with Gasteiger partial charge in [-0.15, -0.1) is 0 Å². The number of esters is 1. The van der Waals surface area contributed by atoms with Crippen LogP contribution in [0.4, 0.5) is 0 Å². The minimum Gasteiger partial charge on any atom is -0.462 e. The largest absolute Gasteiger partial charge is 0.462 e. The van der Waals surface area contributed by atoms with Crippen molar-refractivity contribution in [2.45, 2.75) is 51.2 Å². The van der Waals surface area contributed by atoms with Gasteiger partial charge in [-0.1, -0.05) is 30.7 Å². The van der Waals surface area contributed by atoms with E-state index in [4.69, 9.17) is 10.5 Å². The minimum atomic E-state index is -0.122. The molecule has 3 heteroatoms. The molecule has 0 saturated heterocycles. The molecular formula is C15H21NO2. The van der Waals surface area contributed by atoms with E-state index in [-0.39, 0.29) is 12.1 Å². The normalized spacial score (nSPS) is 16.5. The van der Waals surface area contributed by atoms with Crippen molar-refractivity contribution in [1.82, 2.24) is 0 Å². The highest BCUT2D eigenvalue weighted by Gasteiger charge is 2.18. The molecule has 0 unspecified atom stereocenters. The number of nitrogens with two attached hydrogens (primary N) is 1. The van der Waals surface area contributed by atoms with Gasteiger partial charge in [-0.3, -0.25) is 4.79 Å². The van der Waals surface area contributed by atoms with E-state index < -0.39 is 0 Å². The van der Waals surface area contributed by atoms with Gasteiger partial charge in [0.2, 0.25) is 0 Å². The Morgan fingerprint density at radius 3 is 2.50 bits per heavy atom. The topological polar surface area (TPSA) is 52.3 Å². The summed E-state index contributed by atoms with van der Waals surface area (Å²) >= 11 is 0. The van der Waals surface area contributed by atoms with Crippen LogP contribution in [0.3, 0.4) is 0 Å². The van der Waals surface area contributed by atoms with Crippen molar-refractivity contribution in [3.05, 3.63) is 35.4 Å². The lowest BCUT2D eigenvalue weighted by atomic mass is 9.97. The van der Waals surface area contributed by atoms with Crippen molar-refractivity contribution in [2.24, 2.45) is 5.73 Å². The minimum absolute atomic E-state index is 0.122. The Morgan fingerprint density at radius 2 is 1.83 bits per heavy atom. The Balaban J connectivity index is 1.90. The smallest absolute Gasteiger partial charge is 0.310 e. The van der Waals surface area contributed by atoms with Crippen LogP contribution in [0.1, 0.15) is 43.2 Å². The highest BCUT2D eigenvalue weighted by Crippen LogP contribution is 2.21. The van der Waals surface area contributed by atoms with Crippen LogP contribution in [-0.4, -0.2) is 12.1 Å². The van der Waals surface area contributed by atoms with Crippen LogP contribution in [0.2, 0.25) is 0 Å². The molecule has 0 aliphatic heterocycles. The Bertz CT molecular complexity index is 397. The van der Waals surface area contributed by atoms with Gasteiger partial charge >= 0.3 is 5.97 Å². The van der Waals surface area contributed by atoms with Crippen molar-refractivity contribution < 1.29 is 9.53 Å². The monoisotopic (exact) mass is 247 g/mol. The summed E-state index contributed by atoms with van der Waals surface area (Å²) in [5.41, 5.74) is 7.67. The molecule has 0 amide bonds. The first-order chi connectivity index (χ1) is 8.79. The number of rotatable bonds is 4. The zero-order chi connectivity index (χ0) is 12.8. The van der Waals surface area contributed by atoms with Gasteiger partial charge in [0.05, 0.1) is 6.42 Å². The summed E-state index contributed by atoms with van der Waals surface area (Å²) in [6, 6.07) is 7.79. The van der Waals surface area contributed by atoms with Crippen molar-refractivity contribution >= 4 is 5.97 Å². The van der Waals surface area contributed by atoms with E-state index in [9.17, 15) is 4.79 Å². The van der Waals surface area contributed by atoms with Crippen LogP contribution in [0, 0.1) is 0 Å². The van der Waals surface area contributed by atoms with Gasteiger partial charge in [-0.05, 0) is 36.8 Å². The first-order valence-corrected chi connectivity index (χ1v) is 6.76. The van der Waals surface area contributed by atoms with Gasteiger partial charge in [-0.2, -0.15) is 0 Å². The van der Waals surface area contributed by atoms with E-state index in [0.717, 1.165) is 24.0 Å². The number of carbonyl (C=O) groups is 1. The van der Waals surface area contributed by atoms with Crippen molar-refractivity contribution in [1.29, 1.82) is 0 Å². The first-order valence-electron chi connectivity index (χ1n) is 6.76. The van der Waals surface area contributed by atoms with Crippen molar-refractivity contribution in [3.8, 4) is 0 Å². The van der Waals surface area contributed by atoms with Crippen LogP contribution in [0.5, 0.6) is 0 Å². The molecule has 18 heavy (non-hydrogen) atoms. The predicted molar refractivity (Wildman–Crippen MR) is 71.0 cm³/mol. The second kappa shape index (κ2) is 6.55. The molecule has 2 N–H and O–H groups in total. The zero-order valence-electron chi connectivity index (χ0n) is 10.7. The highest BCUT2D eigenvalue weighted by atomic mass is 16.5. The van der Waals surface area contributed by atoms with Crippen LogP contribution < -0.4 is 5.73 Å². The van der Waals surface area contributed by atoms with Gasteiger partial charge in [0, 0.05) is 6.54 Å². The average molecular weight is 247 g/mol. The Morgan fingerprint density at radius 1 is 1.17 bits per heavy atom. The molecule has 1 aromatic rings. The molecule has 3 nitrogen and oxygen atoms in total. The maximum Gasteiger partial charge on any atom is 0.310 e. The summed E-state index contributed by atoms with van der Waals surface area (Å²) in [7, 11) is 0. The van der Waals surface area contributed by atoms with E-state index >= 15 is 0 Å². The number of carbonyl (C=O) groups excluding carboxylic acids is 1. The summed E-state index contributed by atoms with van der Waals surface area (Å²) in [6.07, 6.45) is 6.13. The molecule has 1 aliphatic carbocycles. The molecule has 1 fully saturated rings. The summed E-state index contributed by atoms with van der Waals surface area (Å²) in [6.45, 7) is 0.465. The maximum atomic E-state index is 11.9. The fourth-order valence-corrected chi connectivity index (χ4v) is 2.50. The van der Waals surface area contributed by atoms with Gasteiger partial charge in [0.1, 0.15) is 6.10 Å². The Hall–Kier alpha value is -1.35. The molecule has 0 spiro atoms. The average Bonchev–Trinajstić information content (AvgIpc) is 2.40. The van der Waals surface area contributed by atoms with E-state index in [0.29, 0.717) is 13.0 Å². The standard InChI is InChI=1S/C15H21NO2/c16-11-13-7-5-4-6-12(13)10-15(17)18-14-8-2-1-3-9-14/h4-7,14H,1-3,8-11,16H2. The molecule has 0 heterocycles. The third-order valence-electron chi connectivity index (χ3n) is 3.52. The van der Waals surface area contributed by atoms with E-state index in [2.05, 4.69) is 0 Å². The van der Waals surface area contributed by atoms with Crippen LogP contribution in [0.25, 0.3) is 0 Å². The molecule has 98 valence electrons. The molecule has 1 aromatic carbocycles. The lowest BCUT2D eigenvalue weighted by Crippen LogP contribution is -2.22. The number of ether oxygens (including phenoxy) is 1. The molecular weight excluding hydrogens is 226 g/mol. The van der Waals surface area contributed by atoms with Gasteiger partial charge in [0.15, 0.2) is 0 Å². The summed E-state index contributed by atoms with van der Waals surface area (Å²) < 4.78 is 5.51. The van der Waals surface area contributed by atoms with E-state index in [1.807, 2.05) is 24.3 Å². The summed E-state index contributed by atoms with van der Waals surface area (Å²) in [5, 5.41) is 0. The molecule has 0 bridgehead atoms. The summed E-state index contributed by atoms with van der Waals surface area (Å²) in [4.78, 5) is 11.9. The van der Waals surface area contributed by atoms with Gasteiger partial charge < -0.3 is 10.5 Å². The number of hydrogen-bond acceptors (Lipinski definition) is 3. The first kappa shape index (κ1) is 13.1. The number of hydrogen-bond donors (Lipinski definition) is 1. The van der Waals surface area contributed by atoms with E-state index in [1.165, 1.54) is 19.3 Å². The van der Waals surface area contributed by atoms with Gasteiger partial charge in [-0.25, -0.2) is 0 Å². The van der Waals surface area contributed by atoms with Crippen LogP contribution >= 0.6 is 0 Å². The molecule has 0 radical (unpaired) electrons. The van der Waals surface area contributed by atoms with E-state index in [1.54, 1.807) is 0 Å². The molecule has 1 aliphatic rings. The van der Waals surface area contributed by atoms with Crippen molar-refractivity contribution in [3.63, 3.8) is 0 Å². The van der Waals surface area contributed by atoms with Crippen molar-refractivity contribution in [2.75, 3.05) is 0 Å². The predicted octanol–water partition coefficient (Wildman–Crippen LogP) is 2.56. The molecule has 2 rings (SSSR count). The second-order valence-electron chi connectivity index (χ2n) is 4.90. The highest BCUT2D eigenvalue weighted by molar-refractivity contribution is 5.73. The lowest BCUT2D eigenvalue weighted by Gasteiger charge is -2.22. The maximum absolute atomic E-state index is 11.9. The Labute approximate surface area is 108 Å².